The molecule has 0 fully saturated rings. The van der Waals surface area contributed by atoms with Crippen LogP contribution in [0.2, 0.25) is 0 Å². The minimum Gasteiger partial charge on any atom is -0.300 e. The second kappa shape index (κ2) is 18.4. The fourth-order valence-corrected chi connectivity index (χ4v) is 4.82. The largest absolute Gasteiger partial charge is 0.397 e. The van der Waals surface area contributed by atoms with Gasteiger partial charge in [0.1, 0.15) is 23.8 Å². The van der Waals surface area contributed by atoms with E-state index in [0.717, 1.165) is 64.2 Å². The van der Waals surface area contributed by atoms with Crippen molar-refractivity contribution < 1.29 is 43.9 Å². The van der Waals surface area contributed by atoms with Crippen molar-refractivity contribution in [2.75, 3.05) is 0 Å². The molecule has 0 radical (unpaired) electrons. The van der Waals surface area contributed by atoms with Crippen LogP contribution in [0.3, 0.4) is 0 Å². The summed E-state index contributed by atoms with van der Waals surface area (Å²) >= 11 is 0. The molecule has 202 valence electrons. The molecule has 2 atom stereocenters. The van der Waals surface area contributed by atoms with Crippen LogP contribution >= 0.6 is 0 Å². The van der Waals surface area contributed by atoms with Gasteiger partial charge in [0.05, 0.1) is 0 Å². The molecule has 0 aromatic rings. The highest BCUT2D eigenvalue weighted by molar-refractivity contribution is 7.81. The number of unbranched alkanes of at least 4 members (excludes halogenated alkanes) is 10. The molecule has 2 unspecified atom stereocenters. The number of Topliss-reactive ketones (excluding diaryl/α,β-unsaturated/α-hetero) is 2. The van der Waals surface area contributed by atoms with Gasteiger partial charge in [-0.3, -0.25) is 9.11 Å². The summed E-state index contributed by atoms with van der Waals surface area (Å²) in [5, 5.41) is 0. The Morgan fingerprint density at radius 2 is 0.824 bits per heavy atom. The molecule has 0 amide bonds. The van der Waals surface area contributed by atoms with Gasteiger partial charge in [-0.25, -0.2) is 8.37 Å². The van der Waals surface area contributed by atoms with Crippen LogP contribution in [0.5, 0.6) is 0 Å². The number of rotatable bonds is 23. The molecule has 0 aliphatic heterocycles. The van der Waals surface area contributed by atoms with Crippen LogP contribution in [0, 0.1) is 0 Å². The Morgan fingerprint density at radius 3 is 1.09 bits per heavy atom. The van der Waals surface area contributed by atoms with Gasteiger partial charge in [0.25, 0.3) is 0 Å². The molecule has 34 heavy (non-hydrogen) atoms. The topological polar surface area (TPSA) is 161 Å². The number of carbonyl (C=O) groups excluding carboxylic acids is 2. The Labute approximate surface area is 205 Å². The highest BCUT2D eigenvalue weighted by Gasteiger charge is 2.30. The second-order valence-corrected chi connectivity index (χ2v) is 10.9. The lowest BCUT2D eigenvalue weighted by atomic mass is 9.99. The van der Waals surface area contributed by atoms with Crippen molar-refractivity contribution in [1.82, 2.24) is 0 Å². The van der Waals surface area contributed by atoms with E-state index >= 15 is 0 Å². The molecule has 0 spiro atoms. The van der Waals surface area contributed by atoms with E-state index in [9.17, 15) is 26.4 Å². The highest BCUT2D eigenvalue weighted by atomic mass is 32.3. The van der Waals surface area contributed by atoms with Crippen molar-refractivity contribution >= 4 is 32.4 Å². The number of hydrogen-bond donors (Lipinski definition) is 2. The van der Waals surface area contributed by atoms with Crippen molar-refractivity contribution in [2.24, 2.45) is 0 Å². The van der Waals surface area contributed by atoms with E-state index in [4.69, 9.17) is 17.5 Å². The summed E-state index contributed by atoms with van der Waals surface area (Å²) in [6, 6.07) is 0. The molecule has 0 saturated heterocycles. The molecule has 12 heteroatoms. The normalized spacial score (nSPS) is 14.1. The van der Waals surface area contributed by atoms with Gasteiger partial charge >= 0.3 is 20.8 Å². The lowest BCUT2D eigenvalue weighted by Crippen LogP contribution is -2.35. The molecular formula is C22H42O10S2. The van der Waals surface area contributed by atoms with Crippen LogP contribution < -0.4 is 0 Å². The van der Waals surface area contributed by atoms with Gasteiger partial charge in [-0.05, 0) is 39.5 Å². The van der Waals surface area contributed by atoms with E-state index in [1.807, 2.05) is 0 Å². The van der Waals surface area contributed by atoms with E-state index in [1.54, 1.807) is 13.8 Å². The summed E-state index contributed by atoms with van der Waals surface area (Å²) in [6.07, 6.45) is 8.30. The molecule has 0 saturated carbocycles. The van der Waals surface area contributed by atoms with Crippen LogP contribution in [0.4, 0.5) is 0 Å². The predicted molar refractivity (Wildman–Crippen MR) is 128 cm³/mol. The zero-order valence-electron chi connectivity index (χ0n) is 20.4. The molecule has 0 aromatic carbocycles. The van der Waals surface area contributed by atoms with Crippen molar-refractivity contribution in [3.8, 4) is 0 Å². The first-order valence-electron chi connectivity index (χ1n) is 12.1. The summed E-state index contributed by atoms with van der Waals surface area (Å²) in [7, 11) is -9.71. The van der Waals surface area contributed by atoms with E-state index in [0.29, 0.717) is 25.7 Å². The summed E-state index contributed by atoms with van der Waals surface area (Å²) < 4.78 is 73.0. The summed E-state index contributed by atoms with van der Waals surface area (Å²) in [5.41, 5.74) is 0. The fraction of sp³-hybridized carbons (Fsp3) is 0.909. The lowest BCUT2D eigenvalue weighted by molar-refractivity contribution is -0.117. The van der Waals surface area contributed by atoms with E-state index in [1.165, 1.54) is 0 Å². The first-order chi connectivity index (χ1) is 15.8. The van der Waals surface area contributed by atoms with E-state index in [2.05, 4.69) is 0 Å². The van der Waals surface area contributed by atoms with Gasteiger partial charge in [0.2, 0.25) is 0 Å². The third-order valence-corrected chi connectivity index (χ3v) is 6.42. The Morgan fingerprint density at radius 1 is 0.559 bits per heavy atom. The van der Waals surface area contributed by atoms with Crippen molar-refractivity contribution in [2.45, 2.75) is 129 Å². The van der Waals surface area contributed by atoms with Crippen LogP contribution in [0.1, 0.15) is 117 Å². The molecule has 0 aromatic heterocycles. The van der Waals surface area contributed by atoms with Crippen LogP contribution in [-0.4, -0.2) is 49.7 Å². The molecule has 0 heterocycles. The average molecular weight is 531 g/mol. The molecular weight excluding hydrogens is 488 g/mol. The van der Waals surface area contributed by atoms with Crippen molar-refractivity contribution in [3.63, 3.8) is 0 Å². The fourth-order valence-electron chi connectivity index (χ4n) is 3.76. The third-order valence-electron chi connectivity index (χ3n) is 5.44. The van der Waals surface area contributed by atoms with Gasteiger partial charge in [-0.1, -0.05) is 64.2 Å². The monoisotopic (exact) mass is 530 g/mol. The van der Waals surface area contributed by atoms with Crippen LogP contribution in [-0.2, 0) is 38.8 Å². The average Bonchev–Trinajstić information content (AvgIpc) is 2.67. The predicted octanol–water partition coefficient (Wildman–Crippen LogP) is 4.78. The van der Waals surface area contributed by atoms with Gasteiger partial charge < -0.3 is 9.59 Å². The highest BCUT2D eigenvalue weighted by Crippen LogP contribution is 2.22. The van der Waals surface area contributed by atoms with Gasteiger partial charge in [-0.15, -0.1) is 0 Å². The number of carbonyl (C=O) groups is 2. The maximum atomic E-state index is 11.3. The zero-order valence-corrected chi connectivity index (χ0v) is 22.1. The lowest BCUT2D eigenvalue weighted by Gasteiger charge is -2.24. The Balaban J connectivity index is 4.66. The molecule has 10 nitrogen and oxygen atoms in total. The molecule has 0 rings (SSSR count). The first-order valence-corrected chi connectivity index (χ1v) is 14.8. The van der Waals surface area contributed by atoms with Crippen molar-refractivity contribution in [3.05, 3.63) is 0 Å². The SMILES string of the molecule is CC(=O)CCCCCCCCC(OS(=O)(=O)O)C(CCCCCCCCC(C)=O)OS(=O)(=O)O. The van der Waals surface area contributed by atoms with Gasteiger partial charge in [-0.2, -0.15) is 16.8 Å². The minimum atomic E-state index is -4.86. The van der Waals surface area contributed by atoms with Crippen molar-refractivity contribution in [1.29, 1.82) is 0 Å². The first kappa shape index (κ1) is 33.1. The molecule has 0 aliphatic rings. The molecule has 0 bridgehead atoms. The number of ketones is 2. The van der Waals surface area contributed by atoms with Gasteiger partial charge in [0, 0.05) is 12.8 Å². The maximum Gasteiger partial charge on any atom is 0.397 e. The Bertz CT molecular complexity index is 712. The summed E-state index contributed by atoms with van der Waals surface area (Å²) in [6.45, 7) is 3.11. The van der Waals surface area contributed by atoms with Gasteiger partial charge in [0.15, 0.2) is 0 Å². The zero-order chi connectivity index (χ0) is 26.0. The maximum absolute atomic E-state index is 11.3. The van der Waals surface area contributed by atoms with E-state index < -0.39 is 33.0 Å². The summed E-state index contributed by atoms with van der Waals surface area (Å²) in [4.78, 5) is 21.9. The Hall–Kier alpha value is -0.920. The number of hydrogen-bond acceptors (Lipinski definition) is 8. The quantitative estimate of drug-likeness (QED) is 0.139. The Kier molecular flexibility index (Phi) is 17.9. The van der Waals surface area contributed by atoms with E-state index in [-0.39, 0.29) is 24.4 Å². The third kappa shape index (κ3) is 22.9. The van der Waals surface area contributed by atoms with Crippen LogP contribution in [0.25, 0.3) is 0 Å². The molecule has 0 aliphatic carbocycles. The standard InChI is InChI=1S/C22H42O10S2/c1-19(23)15-11-7-3-5-9-13-17-21(31-33(25,26)27)22(32-34(28,29)30)18-14-10-6-4-8-12-16-20(2)24/h21-22H,3-18H2,1-2H3,(H,25,26,27)(H,28,29,30). The summed E-state index contributed by atoms with van der Waals surface area (Å²) in [5.74, 6) is 0.311. The van der Waals surface area contributed by atoms with Crippen LogP contribution in [0.15, 0.2) is 0 Å². The second-order valence-electron chi connectivity index (χ2n) is 8.85. The smallest absolute Gasteiger partial charge is 0.300 e. The minimum absolute atomic E-state index is 0.123. The molecule has 2 N–H and O–H groups in total.